The van der Waals surface area contributed by atoms with Crippen molar-refractivity contribution in [3.63, 3.8) is 0 Å². The predicted octanol–water partition coefficient (Wildman–Crippen LogP) is 3.11. The molecule has 0 heterocycles. The van der Waals surface area contributed by atoms with Crippen molar-refractivity contribution < 1.29 is 14.7 Å². The lowest BCUT2D eigenvalue weighted by atomic mass is 10.1. The smallest absolute Gasteiger partial charge is 0.330 e. The van der Waals surface area contributed by atoms with Crippen LogP contribution < -0.4 is 5.32 Å². The summed E-state index contributed by atoms with van der Waals surface area (Å²) in [6, 6.07) is 5.47. The van der Waals surface area contributed by atoms with Crippen LogP contribution in [0.25, 0.3) is 0 Å². The van der Waals surface area contributed by atoms with Crippen LogP contribution in [0.3, 0.4) is 0 Å². The fourth-order valence-electron chi connectivity index (χ4n) is 1.47. The highest BCUT2D eigenvalue weighted by Crippen LogP contribution is 2.25. The topological polar surface area (TPSA) is 66.4 Å². The first-order valence-corrected chi connectivity index (χ1v) is 7.47. The molecule has 0 saturated carbocycles. The molecule has 1 amide bonds. The van der Waals surface area contributed by atoms with Crippen molar-refractivity contribution in [2.45, 2.75) is 31.6 Å². The third-order valence-electron chi connectivity index (χ3n) is 2.40. The Morgan fingerprint density at radius 1 is 1.35 bits per heavy atom. The highest BCUT2D eigenvalue weighted by Gasteiger charge is 2.24. The SMILES string of the molecule is CC(C)(C)SCC(=O)N[C@@H](C(=O)O)c1ccccc1Cl. The largest absolute Gasteiger partial charge is 0.479 e. The first-order valence-electron chi connectivity index (χ1n) is 6.11. The predicted molar refractivity (Wildman–Crippen MR) is 82.2 cm³/mol. The third-order valence-corrected chi connectivity index (χ3v) is 4.02. The van der Waals surface area contributed by atoms with Gasteiger partial charge < -0.3 is 10.4 Å². The highest BCUT2D eigenvalue weighted by atomic mass is 35.5. The maximum Gasteiger partial charge on any atom is 0.330 e. The molecule has 1 aromatic carbocycles. The molecule has 0 aliphatic heterocycles. The number of carboxylic acid groups (broad SMARTS) is 1. The number of carbonyl (C=O) groups excluding carboxylic acids is 1. The Morgan fingerprint density at radius 3 is 2.45 bits per heavy atom. The molecule has 0 spiro atoms. The van der Waals surface area contributed by atoms with Gasteiger partial charge in [-0.1, -0.05) is 50.6 Å². The Balaban J connectivity index is 2.77. The monoisotopic (exact) mass is 315 g/mol. The zero-order valence-electron chi connectivity index (χ0n) is 11.6. The van der Waals surface area contributed by atoms with Crippen LogP contribution in [-0.4, -0.2) is 27.5 Å². The molecule has 1 rings (SSSR count). The minimum absolute atomic E-state index is 0.0551. The number of hydrogen-bond acceptors (Lipinski definition) is 3. The molecule has 0 radical (unpaired) electrons. The van der Waals surface area contributed by atoms with Crippen molar-refractivity contribution in [3.8, 4) is 0 Å². The van der Waals surface area contributed by atoms with Gasteiger partial charge in [0.2, 0.25) is 5.91 Å². The van der Waals surface area contributed by atoms with E-state index in [1.807, 2.05) is 20.8 Å². The number of benzene rings is 1. The average molecular weight is 316 g/mol. The standard InChI is InChI=1S/C14H18ClNO3S/c1-14(2,3)20-8-11(17)16-12(13(18)19)9-6-4-5-7-10(9)15/h4-7,12H,8H2,1-3H3,(H,16,17)(H,18,19)/t12-/m1/s1. The quantitative estimate of drug-likeness (QED) is 0.876. The number of nitrogens with one attached hydrogen (secondary N) is 1. The van der Waals surface area contributed by atoms with E-state index in [2.05, 4.69) is 5.32 Å². The van der Waals surface area contributed by atoms with Gasteiger partial charge in [-0.05, 0) is 6.07 Å². The summed E-state index contributed by atoms with van der Waals surface area (Å²) in [5.74, 6) is -1.25. The van der Waals surface area contributed by atoms with Crippen LogP contribution in [0.5, 0.6) is 0 Å². The molecule has 0 bridgehead atoms. The summed E-state index contributed by atoms with van der Waals surface area (Å²) >= 11 is 7.43. The van der Waals surface area contributed by atoms with E-state index in [9.17, 15) is 14.7 Å². The number of aliphatic carboxylic acids is 1. The van der Waals surface area contributed by atoms with Crippen molar-refractivity contribution in [1.29, 1.82) is 0 Å². The third kappa shape index (κ3) is 5.43. The minimum Gasteiger partial charge on any atom is -0.479 e. The molecule has 4 nitrogen and oxygen atoms in total. The summed E-state index contributed by atoms with van der Waals surface area (Å²) < 4.78 is -0.0551. The van der Waals surface area contributed by atoms with Gasteiger partial charge >= 0.3 is 5.97 Å². The number of carbonyl (C=O) groups is 2. The van der Waals surface area contributed by atoms with Gasteiger partial charge in [-0.25, -0.2) is 4.79 Å². The summed E-state index contributed by atoms with van der Waals surface area (Å²) in [6.45, 7) is 5.98. The molecule has 0 fully saturated rings. The lowest BCUT2D eigenvalue weighted by molar-refractivity contribution is -0.141. The van der Waals surface area contributed by atoms with Gasteiger partial charge in [0, 0.05) is 15.3 Å². The van der Waals surface area contributed by atoms with Crippen molar-refractivity contribution in [1.82, 2.24) is 5.32 Å². The maximum absolute atomic E-state index is 11.9. The van der Waals surface area contributed by atoms with Crippen molar-refractivity contribution in [2.75, 3.05) is 5.75 Å². The van der Waals surface area contributed by atoms with Crippen LogP contribution >= 0.6 is 23.4 Å². The molecular weight excluding hydrogens is 298 g/mol. The second-order valence-electron chi connectivity index (χ2n) is 5.26. The van der Waals surface area contributed by atoms with E-state index in [1.165, 1.54) is 11.8 Å². The number of carboxylic acids is 1. The number of halogens is 1. The lowest BCUT2D eigenvalue weighted by Crippen LogP contribution is -2.35. The number of rotatable bonds is 5. The molecule has 1 aromatic rings. The average Bonchev–Trinajstić information content (AvgIpc) is 2.33. The number of thioether (sulfide) groups is 1. The fourth-order valence-corrected chi connectivity index (χ4v) is 2.36. The van der Waals surface area contributed by atoms with Crippen LogP contribution in [0, 0.1) is 0 Å². The summed E-state index contributed by atoms with van der Waals surface area (Å²) in [7, 11) is 0. The first-order chi connectivity index (χ1) is 9.20. The van der Waals surface area contributed by atoms with Crippen LogP contribution in [0.2, 0.25) is 5.02 Å². The second kappa shape index (κ2) is 6.99. The lowest BCUT2D eigenvalue weighted by Gasteiger charge is -2.19. The van der Waals surface area contributed by atoms with Gasteiger partial charge in [-0.2, -0.15) is 0 Å². The van der Waals surface area contributed by atoms with Crippen LogP contribution in [0.15, 0.2) is 24.3 Å². The first kappa shape index (κ1) is 16.9. The van der Waals surface area contributed by atoms with E-state index < -0.39 is 12.0 Å². The minimum atomic E-state index is -1.13. The van der Waals surface area contributed by atoms with E-state index in [0.717, 1.165) is 0 Å². The van der Waals surface area contributed by atoms with Crippen molar-refractivity contribution in [2.24, 2.45) is 0 Å². The molecular formula is C14H18ClNO3S. The van der Waals surface area contributed by atoms with Gasteiger partial charge in [-0.3, -0.25) is 4.79 Å². The summed E-state index contributed by atoms with van der Waals surface area (Å²) in [5.41, 5.74) is 0.385. The Bertz CT molecular complexity index is 499. The molecule has 0 saturated heterocycles. The zero-order valence-corrected chi connectivity index (χ0v) is 13.2. The van der Waals surface area contributed by atoms with E-state index in [-0.39, 0.29) is 16.4 Å². The fraction of sp³-hybridized carbons (Fsp3) is 0.429. The van der Waals surface area contributed by atoms with Gasteiger partial charge in [-0.15, -0.1) is 11.8 Å². The van der Waals surface area contributed by atoms with Crippen LogP contribution in [0.4, 0.5) is 0 Å². The molecule has 110 valence electrons. The molecule has 0 aliphatic carbocycles. The zero-order chi connectivity index (χ0) is 15.3. The van der Waals surface area contributed by atoms with E-state index in [0.29, 0.717) is 10.6 Å². The van der Waals surface area contributed by atoms with E-state index in [4.69, 9.17) is 11.6 Å². The van der Waals surface area contributed by atoms with E-state index >= 15 is 0 Å². The summed E-state index contributed by atoms with van der Waals surface area (Å²) in [5, 5.41) is 12.1. The Hall–Kier alpha value is -1.20. The van der Waals surface area contributed by atoms with Gasteiger partial charge in [0.15, 0.2) is 6.04 Å². The summed E-state index contributed by atoms with van der Waals surface area (Å²) in [4.78, 5) is 23.2. The van der Waals surface area contributed by atoms with Crippen LogP contribution in [-0.2, 0) is 9.59 Å². The van der Waals surface area contributed by atoms with Gasteiger partial charge in [0.05, 0.1) is 5.75 Å². The Morgan fingerprint density at radius 2 is 1.95 bits per heavy atom. The highest BCUT2D eigenvalue weighted by molar-refractivity contribution is 8.01. The van der Waals surface area contributed by atoms with Gasteiger partial charge in [0.25, 0.3) is 0 Å². The van der Waals surface area contributed by atoms with Crippen molar-refractivity contribution >= 4 is 35.2 Å². The van der Waals surface area contributed by atoms with Crippen molar-refractivity contribution in [3.05, 3.63) is 34.9 Å². The van der Waals surface area contributed by atoms with Gasteiger partial charge in [0.1, 0.15) is 0 Å². The number of hydrogen-bond donors (Lipinski definition) is 2. The summed E-state index contributed by atoms with van der Waals surface area (Å²) in [6.07, 6.45) is 0. The molecule has 6 heteroatoms. The Kier molecular flexibility index (Phi) is 5.89. The van der Waals surface area contributed by atoms with Crippen LogP contribution in [0.1, 0.15) is 32.4 Å². The molecule has 20 heavy (non-hydrogen) atoms. The molecule has 2 N–H and O–H groups in total. The normalized spacial score (nSPS) is 12.8. The second-order valence-corrected chi connectivity index (χ2v) is 7.47. The number of amides is 1. The molecule has 0 aromatic heterocycles. The maximum atomic E-state index is 11.9. The Labute approximate surface area is 127 Å². The molecule has 0 unspecified atom stereocenters. The molecule has 1 atom stereocenters. The molecule has 0 aliphatic rings. The van der Waals surface area contributed by atoms with E-state index in [1.54, 1.807) is 24.3 Å².